The highest BCUT2D eigenvalue weighted by molar-refractivity contribution is 5.34. The summed E-state index contributed by atoms with van der Waals surface area (Å²) in [5.41, 5.74) is -0.199. The maximum absolute atomic E-state index is 14.5. The lowest BCUT2D eigenvalue weighted by molar-refractivity contribution is -0.101. The number of aliphatic hydroxyl groups excluding tert-OH is 1. The van der Waals surface area contributed by atoms with E-state index in [-0.39, 0.29) is 12.2 Å². The molecule has 122 valence electrons. The first-order chi connectivity index (χ1) is 11.2. The van der Waals surface area contributed by atoms with Crippen LogP contribution >= 0.6 is 0 Å². The van der Waals surface area contributed by atoms with Gasteiger partial charge in [0.05, 0.1) is 13.2 Å². The Morgan fingerprint density at radius 1 is 1.17 bits per heavy atom. The van der Waals surface area contributed by atoms with Gasteiger partial charge >= 0.3 is 0 Å². The van der Waals surface area contributed by atoms with Crippen LogP contribution < -0.4 is 5.32 Å². The van der Waals surface area contributed by atoms with E-state index in [9.17, 15) is 13.9 Å². The third-order valence-corrected chi connectivity index (χ3v) is 4.36. The van der Waals surface area contributed by atoms with Crippen molar-refractivity contribution in [2.75, 3.05) is 26.3 Å². The fourth-order valence-electron chi connectivity index (χ4n) is 3.24. The molecule has 0 bridgehead atoms. The summed E-state index contributed by atoms with van der Waals surface area (Å²) in [4.78, 5) is 0. The van der Waals surface area contributed by atoms with Crippen molar-refractivity contribution in [3.8, 4) is 0 Å². The van der Waals surface area contributed by atoms with Gasteiger partial charge in [-0.05, 0) is 23.8 Å². The molecule has 1 aliphatic rings. The Balaban J connectivity index is 2.14. The molecule has 0 aliphatic carbocycles. The fraction of sp³-hybridized carbons (Fsp3) is 0.333. The van der Waals surface area contributed by atoms with Gasteiger partial charge in [-0.1, -0.05) is 30.3 Å². The molecule has 2 aromatic carbocycles. The first kappa shape index (κ1) is 16.1. The van der Waals surface area contributed by atoms with Crippen LogP contribution in [-0.4, -0.2) is 31.4 Å². The van der Waals surface area contributed by atoms with Crippen LogP contribution in [0.25, 0.3) is 0 Å². The molecule has 1 aliphatic heterocycles. The van der Waals surface area contributed by atoms with Crippen molar-refractivity contribution in [2.45, 2.75) is 11.5 Å². The summed E-state index contributed by atoms with van der Waals surface area (Å²) in [6, 6.07) is 12.6. The second kappa shape index (κ2) is 6.74. The summed E-state index contributed by atoms with van der Waals surface area (Å²) >= 11 is 0. The van der Waals surface area contributed by atoms with E-state index < -0.39 is 23.2 Å². The summed E-state index contributed by atoms with van der Waals surface area (Å²) < 4.78 is 34.2. The summed E-state index contributed by atoms with van der Waals surface area (Å²) in [5, 5.41) is 13.2. The molecule has 0 radical (unpaired) electrons. The Morgan fingerprint density at radius 3 is 2.61 bits per heavy atom. The molecule has 3 rings (SSSR count). The van der Waals surface area contributed by atoms with Gasteiger partial charge in [-0.2, -0.15) is 0 Å². The molecule has 0 saturated carbocycles. The van der Waals surface area contributed by atoms with Crippen molar-refractivity contribution in [1.82, 2.24) is 5.32 Å². The average Bonchev–Trinajstić information content (AvgIpc) is 2.59. The first-order valence-electron chi connectivity index (χ1n) is 7.63. The summed E-state index contributed by atoms with van der Waals surface area (Å²) in [6.07, 6.45) is 0. The monoisotopic (exact) mass is 319 g/mol. The summed E-state index contributed by atoms with van der Waals surface area (Å²) in [7, 11) is 0. The van der Waals surface area contributed by atoms with Gasteiger partial charge in [-0.25, -0.2) is 8.78 Å². The largest absolute Gasteiger partial charge is 0.396 e. The zero-order chi connectivity index (χ0) is 16.3. The molecule has 1 heterocycles. The van der Waals surface area contributed by atoms with E-state index >= 15 is 0 Å². The fourth-order valence-corrected chi connectivity index (χ4v) is 3.24. The van der Waals surface area contributed by atoms with E-state index in [1.165, 1.54) is 0 Å². The minimum Gasteiger partial charge on any atom is -0.396 e. The number of morpholine rings is 1. The Bertz CT molecular complexity index is 657. The van der Waals surface area contributed by atoms with Crippen molar-refractivity contribution in [3.05, 3.63) is 71.3 Å². The van der Waals surface area contributed by atoms with Crippen molar-refractivity contribution in [3.63, 3.8) is 0 Å². The van der Waals surface area contributed by atoms with Crippen molar-refractivity contribution >= 4 is 0 Å². The van der Waals surface area contributed by atoms with Crippen LogP contribution in [0.3, 0.4) is 0 Å². The minimum absolute atomic E-state index is 0.132. The summed E-state index contributed by atoms with van der Waals surface area (Å²) in [6.45, 7) is 1.06. The Hall–Kier alpha value is -1.82. The van der Waals surface area contributed by atoms with Crippen molar-refractivity contribution in [1.29, 1.82) is 0 Å². The van der Waals surface area contributed by atoms with Gasteiger partial charge < -0.3 is 15.2 Å². The smallest absolute Gasteiger partial charge is 0.129 e. The Morgan fingerprint density at radius 2 is 1.96 bits per heavy atom. The Labute approximate surface area is 133 Å². The second-order valence-corrected chi connectivity index (χ2v) is 5.68. The SMILES string of the molecule is OCC(c1ccccc1)C1(c2cc(F)ccc2F)CNCCO1. The zero-order valence-corrected chi connectivity index (χ0v) is 12.6. The van der Waals surface area contributed by atoms with Crippen LogP contribution in [0.5, 0.6) is 0 Å². The molecule has 5 heteroatoms. The lowest BCUT2D eigenvalue weighted by Gasteiger charge is -2.43. The number of benzene rings is 2. The van der Waals surface area contributed by atoms with E-state index in [1.54, 1.807) is 0 Å². The highest BCUT2D eigenvalue weighted by Gasteiger charge is 2.45. The van der Waals surface area contributed by atoms with Crippen LogP contribution in [0.15, 0.2) is 48.5 Å². The van der Waals surface area contributed by atoms with E-state index in [0.29, 0.717) is 19.7 Å². The van der Waals surface area contributed by atoms with Gasteiger partial charge in [0.1, 0.15) is 17.2 Å². The van der Waals surface area contributed by atoms with E-state index in [4.69, 9.17) is 4.74 Å². The molecule has 23 heavy (non-hydrogen) atoms. The topological polar surface area (TPSA) is 41.5 Å². The van der Waals surface area contributed by atoms with Crippen LogP contribution in [0.4, 0.5) is 8.78 Å². The third-order valence-electron chi connectivity index (χ3n) is 4.36. The maximum atomic E-state index is 14.5. The number of aliphatic hydroxyl groups is 1. The summed E-state index contributed by atoms with van der Waals surface area (Å²) in [5.74, 6) is -1.57. The zero-order valence-electron chi connectivity index (χ0n) is 12.6. The molecular weight excluding hydrogens is 300 g/mol. The highest BCUT2D eigenvalue weighted by Crippen LogP contribution is 2.42. The quantitative estimate of drug-likeness (QED) is 0.910. The molecule has 1 fully saturated rings. The molecule has 2 N–H and O–H groups in total. The molecule has 0 amide bonds. The number of hydrogen-bond donors (Lipinski definition) is 2. The van der Waals surface area contributed by atoms with Crippen molar-refractivity contribution < 1.29 is 18.6 Å². The van der Waals surface area contributed by atoms with Crippen LogP contribution in [0.1, 0.15) is 17.0 Å². The average molecular weight is 319 g/mol. The predicted octanol–water partition coefficient (Wildman–Crippen LogP) is 2.56. The van der Waals surface area contributed by atoms with E-state index in [0.717, 1.165) is 23.8 Å². The van der Waals surface area contributed by atoms with Gasteiger partial charge in [0.2, 0.25) is 0 Å². The predicted molar refractivity (Wildman–Crippen MR) is 83.1 cm³/mol. The second-order valence-electron chi connectivity index (χ2n) is 5.68. The lowest BCUT2D eigenvalue weighted by Crippen LogP contribution is -2.52. The number of ether oxygens (including phenoxy) is 1. The minimum atomic E-state index is -1.15. The van der Waals surface area contributed by atoms with Gasteiger partial charge in [0.25, 0.3) is 0 Å². The Kier molecular flexibility index (Phi) is 4.71. The molecule has 0 spiro atoms. The van der Waals surface area contributed by atoms with Gasteiger partial charge in [-0.15, -0.1) is 0 Å². The van der Waals surface area contributed by atoms with Gasteiger partial charge in [0.15, 0.2) is 0 Å². The lowest BCUT2D eigenvalue weighted by atomic mass is 9.76. The number of halogens is 2. The third kappa shape index (κ3) is 3.00. The van der Waals surface area contributed by atoms with E-state index in [2.05, 4.69) is 5.32 Å². The van der Waals surface area contributed by atoms with Gasteiger partial charge in [0, 0.05) is 24.6 Å². The normalized spacial score (nSPS) is 22.7. The van der Waals surface area contributed by atoms with Crippen LogP contribution in [-0.2, 0) is 10.3 Å². The molecule has 1 saturated heterocycles. The first-order valence-corrected chi connectivity index (χ1v) is 7.63. The molecule has 2 unspecified atom stereocenters. The van der Waals surface area contributed by atoms with Gasteiger partial charge in [-0.3, -0.25) is 0 Å². The number of hydrogen-bond acceptors (Lipinski definition) is 3. The molecule has 3 nitrogen and oxygen atoms in total. The number of rotatable bonds is 4. The van der Waals surface area contributed by atoms with E-state index in [1.807, 2.05) is 30.3 Å². The maximum Gasteiger partial charge on any atom is 0.129 e. The highest BCUT2D eigenvalue weighted by atomic mass is 19.1. The molecule has 2 atom stereocenters. The van der Waals surface area contributed by atoms with Crippen molar-refractivity contribution in [2.24, 2.45) is 0 Å². The van der Waals surface area contributed by atoms with Crippen LogP contribution in [0.2, 0.25) is 0 Å². The molecule has 2 aromatic rings. The molecule has 0 aromatic heterocycles. The van der Waals surface area contributed by atoms with Crippen LogP contribution in [0, 0.1) is 11.6 Å². The standard InChI is InChI=1S/C18H19F2NO2/c19-14-6-7-17(20)15(10-14)18(12-21-8-9-23-18)16(11-22)13-4-2-1-3-5-13/h1-7,10,16,21-22H,8-9,11-12H2. The number of nitrogens with one attached hydrogen (secondary N) is 1. The molecular formula is C18H19F2NO2.